The van der Waals surface area contributed by atoms with Gasteiger partial charge in [-0.25, -0.2) is 0 Å². The molecule has 2 fully saturated rings. The second-order valence-corrected chi connectivity index (χ2v) is 35.4. The van der Waals surface area contributed by atoms with Crippen molar-refractivity contribution >= 4 is 0 Å². The SMILES string of the molecule is CC(C)c1cccc(C(C)C)c1C(C)(C)C.Cc1cc(C)c(C(C)(C)C)c(C)c1.Cc1cccc(C)c1C(C)(C)C.[2H]C([2H])(C(C)(C)C)C(C)(C)C.[2H]C([2H])(C(C)C)C(C)(C)C.[2H]C([2H])([2H])C([2H])(C([2H])([2H])C)C(C)(C)C.[2H]C1(C(C)(C)C)CCCC1.[2H]C1(C(C)(C)C)CCCCC1. The van der Waals surface area contributed by atoms with Gasteiger partial charge in [-0.1, -0.05) is 335 Å². The second kappa shape index (κ2) is 37.1. The largest absolute Gasteiger partial charge is 0.0651 e. The lowest BCUT2D eigenvalue weighted by molar-refractivity contribution is 0.180. The molecule has 0 heterocycles. The van der Waals surface area contributed by atoms with Crippen molar-refractivity contribution in [3.05, 3.63) is 104 Å². The Bertz CT molecular complexity index is 2620. The lowest BCUT2D eigenvalue weighted by atomic mass is 9.72. The molecule has 0 saturated heterocycles. The van der Waals surface area contributed by atoms with Gasteiger partial charge in [0.25, 0.3) is 0 Å². The van der Waals surface area contributed by atoms with Crippen molar-refractivity contribution in [2.75, 3.05) is 0 Å². The van der Waals surface area contributed by atoms with Crippen LogP contribution in [0.15, 0.2) is 48.5 Å². The Kier molecular flexibility index (Phi) is 28.6. The van der Waals surface area contributed by atoms with E-state index in [2.05, 4.69) is 215 Å². The molecule has 3 aromatic carbocycles. The summed E-state index contributed by atoms with van der Waals surface area (Å²) in [6.07, 6.45) is 6.57. The summed E-state index contributed by atoms with van der Waals surface area (Å²) in [6, 6.07) is 17.8. The highest BCUT2D eigenvalue weighted by Crippen LogP contribution is 2.40. The molecule has 2 aliphatic rings. The maximum atomic E-state index is 8.27. The van der Waals surface area contributed by atoms with Gasteiger partial charge in [-0.2, -0.15) is 0 Å². The molecule has 0 nitrogen and oxygen atoms in total. The van der Waals surface area contributed by atoms with Crippen LogP contribution < -0.4 is 0 Å². The summed E-state index contributed by atoms with van der Waals surface area (Å²) >= 11 is 0. The number of benzene rings is 3. The molecule has 0 N–H and O–H groups in total. The van der Waals surface area contributed by atoms with E-state index in [9.17, 15) is 0 Å². The molecule has 1 unspecified atom stereocenters. The molecule has 0 radical (unpaired) electrons. The molecule has 0 aromatic heterocycles. The maximum absolute atomic E-state index is 8.27. The van der Waals surface area contributed by atoms with Crippen molar-refractivity contribution in [2.24, 2.45) is 56.1 Å². The van der Waals surface area contributed by atoms with E-state index >= 15 is 0 Å². The van der Waals surface area contributed by atoms with Gasteiger partial charge in [-0.15, -0.1) is 0 Å². The first-order valence-corrected chi connectivity index (χ1v) is 33.6. The minimum Gasteiger partial charge on any atom is -0.0651 e. The molecule has 5 rings (SSSR count). The highest BCUT2D eigenvalue weighted by atomic mass is 14.3. The summed E-state index contributed by atoms with van der Waals surface area (Å²) in [5.41, 5.74) is 14.0. The van der Waals surface area contributed by atoms with E-state index in [4.69, 9.17) is 16.4 Å². The van der Waals surface area contributed by atoms with Crippen LogP contribution in [0.5, 0.6) is 0 Å². The van der Waals surface area contributed by atoms with Crippen molar-refractivity contribution in [1.29, 1.82) is 0 Å². The van der Waals surface area contributed by atoms with Gasteiger partial charge in [0.1, 0.15) is 0 Å². The molecule has 2 aliphatic carbocycles. The molecule has 0 spiro atoms. The molecule has 85 heavy (non-hydrogen) atoms. The summed E-state index contributed by atoms with van der Waals surface area (Å²) in [5.74, 6) is -1.06. The van der Waals surface area contributed by atoms with Crippen molar-refractivity contribution in [1.82, 2.24) is 0 Å². The monoisotopic (exact) mass is 1190 g/mol. The van der Waals surface area contributed by atoms with Crippen LogP contribution >= 0.6 is 0 Å². The normalized spacial score (nSPS) is 19.0. The van der Waals surface area contributed by atoms with Gasteiger partial charge >= 0.3 is 0 Å². The van der Waals surface area contributed by atoms with E-state index in [-0.39, 0.29) is 61.0 Å². The predicted molar refractivity (Wildman–Crippen MR) is 396 cm³/mol. The van der Waals surface area contributed by atoms with Gasteiger partial charge in [0, 0.05) is 16.4 Å². The average molecular weight is 1190 g/mol. The zero-order valence-corrected chi connectivity index (χ0v) is 64.7. The first kappa shape index (κ1) is 65.6. The summed E-state index contributed by atoms with van der Waals surface area (Å²) in [7, 11) is 0. The van der Waals surface area contributed by atoms with E-state index in [0.29, 0.717) is 11.8 Å². The summed E-state index contributed by atoms with van der Waals surface area (Å²) in [6.45, 7) is 78.4. The Labute approximate surface area is 556 Å². The zero-order chi connectivity index (χ0) is 78.5. The lowest BCUT2D eigenvalue weighted by Gasteiger charge is -2.33. The fourth-order valence-corrected chi connectivity index (χ4v) is 12.4. The lowest BCUT2D eigenvalue weighted by Crippen LogP contribution is -2.22. The van der Waals surface area contributed by atoms with Gasteiger partial charge in [0.15, 0.2) is 0 Å². The standard InChI is InChI=1S/C16H26.C13H20.C12H18.C10H20.C9H18.C9H20.2C8H18/c1-11(2)13-9-8-10-14(12(3)4)15(13)16(5,6)7;1-9-7-10(2)12(11(3)8-9)13(4,5)6;1-9-7-6-8-10(2)11(9)12(3,4)5;1-10(2,3)9-7-5-4-6-8-9;1-9(2,3)8-6-4-5-7-8;1-8(2,3)7-9(4,5)6;1-7(2)6-8(3,4)5;1-6-7(2)8(3,4)5/h8-12H,1-7H3;7-8H,1-6H3;6-8H,1-5H3;9H,4-8H2,1-3H3;8H,4-7H2,1-3H3;7H2,1-6H3;2*7H,6H2,1-5H3/i;;;9D;8D;7D2;6D2;2D3,6D2,7D. The first-order valence-electron chi connectivity index (χ1n) is 39.6. The van der Waals surface area contributed by atoms with Crippen LogP contribution in [-0.2, 0) is 16.2 Å². The molecular formula is C85H158. The van der Waals surface area contributed by atoms with Gasteiger partial charge in [-0.05, 0) is 207 Å². The number of hydrogen-bond donors (Lipinski definition) is 0. The summed E-state index contributed by atoms with van der Waals surface area (Å²) in [5, 5.41) is 0. The number of rotatable bonds is 4. The Balaban J connectivity index is -0.00000105. The number of hydrogen-bond acceptors (Lipinski definition) is 0. The summed E-state index contributed by atoms with van der Waals surface area (Å²) < 4.78 is 92.5. The Hall–Kier alpha value is -2.34. The third-order valence-electron chi connectivity index (χ3n) is 15.0. The van der Waals surface area contributed by atoms with Crippen molar-refractivity contribution in [3.63, 3.8) is 0 Å². The van der Waals surface area contributed by atoms with E-state index < -0.39 is 37.3 Å². The minimum absolute atomic E-state index is 0.0903. The molecule has 0 heteroatoms. The topological polar surface area (TPSA) is 0 Å². The molecule has 2 saturated carbocycles. The van der Waals surface area contributed by atoms with E-state index in [1.807, 2.05) is 76.2 Å². The molecule has 1 atom stereocenters. The van der Waals surface area contributed by atoms with Gasteiger partial charge < -0.3 is 0 Å². The van der Waals surface area contributed by atoms with Crippen LogP contribution in [0, 0.1) is 90.7 Å². The van der Waals surface area contributed by atoms with Crippen LogP contribution in [0.25, 0.3) is 0 Å². The zero-order valence-electron chi connectivity index (χ0n) is 76.7. The van der Waals surface area contributed by atoms with Crippen molar-refractivity contribution < 1.29 is 16.4 Å². The molecule has 0 aliphatic heterocycles. The third kappa shape index (κ3) is 40.1. The fourth-order valence-electron chi connectivity index (χ4n) is 12.4. The molecule has 0 bridgehead atoms. The van der Waals surface area contributed by atoms with Crippen LogP contribution in [0.4, 0.5) is 0 Å². The summed E-state index contributed by atoms with van der Waals surface area (Å²) in [4.78, 5) is 0. The molecule has 498 valence electrons. The van der Waals surface area contributed by atoms with E-state index in [1.165, 1.54) is 82.2 Å². The van der Waals surface area contributed by atoms with Gasteiger partial charge in [0.2, 0.25) is 0 Å². The predicted octanol–water partition coefficient (Wildman–Crippen LogP) is 29.2. The second-order valence-electron chi connectivity index (χ2n) is 35.4. The molecular weight excluding hydrogens is 1020 g/mol. The highest BCUT2D eigenvalue weighted by Gasteiger charge is 2.28. The first-order chi connectivity index (χ1) is 42.4. The highest BCUT2D eigenvalue weighted by molar-refractivity contribution is 5.44. The number of aryl methyl sites for hydroxylation is 5. The average Bonchev–Trinajstić information content (AvgIpc) is 1.16. The van der Waals surface area contributed by atoms with Crippen LogP contribution in [0.2, 0.25) is 0 Å². The van der Waals surface area contributed by atoms with Crippen molar-refractivity contribution in [3.8, 4) is 0 Å². The van der Waals surface area contributed by atoms with Crippen LogP contribution in [0.3, 0.4) is 0 Å². The van der Waals surface area contributed by atoms with E-state index in [1.54, 1.807) is 26.3 Å². The Morgan fingerprint density at radius 3 is 0.929 bits per heavy atom. The van der Waals surface area contributed by atoms with Gasteiger partial charge in [-0.3, -0.25) is 0 Å². The maximum Gasteiger partial charge on any atom is 0.0308 e. The minimum atomic E-state index is -2.64. The van der Waals surface area contributed by atoms with Crippen molar-refractivity contribution in [2.45, 2.75) is 382 Å². The van der Waals surface area contributed by atoms with Gasteiger partial charge in [0.05, 0.1) is 0 Å². The Morgan fingerprint density at radius 1 is 0.447 bits per heavy atom. The Morgan fingerprint density at radius 2 is 0.753 bits per heavy atom. The fraction of sp³-hybridized carbons (Fsp3) is 0.788. The molecule has 3 aromatic rings. The van der Waals surface area contributed by atoms with Crippen LogP contribution in [-0.4, -0.2) is 0 Å². The molecule has 0 amide bonds. The quantitative estimate of drug-likeness (QED) is 0.244. The smallest absolute Gasteiger partial charge is 0.0308 e. The van der Waals surface area contributed by atoms with E-state index in [0.717, 1.165) is 32.6 Å². The van der Waals surface area contributed by atoms with Crippen LogP contribution in [0.1, 0.15) is 403 Å². The third-order valence-corrected chi connectivity index (χ3v) is 15.0.